The Hall–Kier alpha value is -1.60. The normalized spacial score (nSPS) is 21.8. The van der Waals surface area contributed by atoms with Crippen LogP contribution in [0.15, 0.2) is 24.3 Å². The lowest BCUT2D eigenvalue weighted by molar-refractivity contribution is -0.140. The van der Waals surface area contributed by atoms with E-state index in [4.69, 9.17) is 4.74 Å². The number of hydrogen-bond donors (Lipinski definition) is 0. The van der Waals surface area contributed by atoms with Gasteiger partial charge in [0.15, 0.2) is 0 Å². The molecule has 3 rings (SSSR count). The van der Waals surface area contributed by atoms with Gasteiger partial charge >= 0.3 is 6.18 Å². The van der Waals surface area contributed by atoms with E-state index in [1.165, 1.54) is 12.1 Å². The average Bonchev–Trinajstić information content (AvgIpc) is 3.21. The lowest BCUT2D eigenvalue weighted by Crippen LogP contribution is -2.42. The zero-order chi connectivity index (χ0) is 20.1. The molecule has 0 bridgehead atoms. The molecule has 2 fully saturated rings. The molecule has 1 amide bonds. The van der Waals surface area contributed by atoms with Gasteiger partial charge in [0.25, 0.3) is 5.91 Å². The summed E-state index contributed by atoms with van der Waals surface area (Å²) in [5, 5.41) is 0. The number of likely N-dealkylation sites (N-methyl/N-ethyl adjacent to an activating group) is 1. The minimum atomic E-state index is -4.29. The number of nitrogens with zero attached hydrogens (tertiary/aromatic N) is 2. The topological polar surface area (TPSA) is 32.8 Å². The highest BCUT2D eigenvalue weighted by molar-refractivity contribution is 5.80. The standard InChI is InChI=1S/C21H29F3N2O2/c1-25(20(27)19-6-3-13-28-19)15-17-8-11-26(12-9-17)10-7-16-4-2-5-18(14-16)21(22,23)24/h2,4-5,14,17,19H,3,6-13,15H2,1H3. The molecule has 0 spiro atoms. The molecule has 2 aliphatic heterocycles. The fourth-order valence-corrected chi connectivity index (χ4v) is 4.08. The number of amides is 1. The summed E-state index contributed by atoms with van der Waals surface area (Å²) in [6, 6.07) is 5.60. The average molecular weight is 398 g/mol. The first-order valence-electron chi connectivity index (χ1n) is 10.1. The zero-order valence-electron chi connectivity index (χ0n) is 16.4. The van der Waals surface area contributed by atoms with E-state index in [9.17, 15) is 18.0 Å². The molecule has 2 heterocycles. The van der Waals surface area contributed by atoms with Gasteiger partial charge in [0.05, 0.1) is 5.56 Å². The number of benzene rings is 1. The first-order chi connectivity index (χ1) is 13.3. The number of rotatable bonds is 6. The molecule has 2 aliphatic rings. The minimum Gasteiger partial charge on any atom is -0.368 e. The maximum atomic E-state index is 12.8. The summed E-state index contributed by atoms with van der Waals surface area (Å²) in [6.07, 6.45) is -0.159. The van der Waals surface area contributed by atoms with Crippen molar-refractivity contribution in [2.24, 2.45) is 5.92 Å². The summed E-state index contributed by atoms with van der Waals surface area (Å²) in [6.45, 7) is 4.03. The monoisotopic (exact) mass is 398 g/mol. The molecule has 4 nitrogen and oxygen atoms in total. The quantitative estimate of drug-likeness (QED) is 0.734. The Morgan fingerprint density at radius 2 is 2.00 bits per heavy atom. The molecule has 1 unspecified atom stereocenters. The van der Waals surface area contributed by atoms with E-state index in [-0.39, 0.29) is 12.0 Å². The maximum Gasteiger partial charge on any atom is 0.416 e. The number of ether oxygens (including phenoxy) is 1. The van der Waals surface area contributed by atoms with Crippen LogP contribution in [0.25, 0.3) is 0 Å². The molecule has 0 aliphatic carbocycles. The summed E-state index contributed by atoms with van der Waals surface area (Å²) in [5.41, 5.74) is 0.140. The molecule has 1 aromatic carbocycles. The Kier molecular flexibility index (Phi) is 6.99. The molecular formula is C21H29F3N2O2. The molecular weight excluding hydrogens is 369 g/mol. The Morgan fingerprint density at radius 3 is 2.64 bits per heavy atom. The number of likely N-dealkylation sites (tertiary alicyclic amines) is 1. The number of halogens is 3. The third kappa shape index (κ3) is 5.70. The van der Waals surface area contributed by atoms with Gasteiger partial charge in [-0.15, -0.1) is 0 Å². The van der Waals surface area contributed by atoms with E-state index in [1.54, 1.807) is 11.0 Å². The SMILES string of the molecule is CN(CC1CCN(CCc2cccc(C(F)(F)F)c2)CC1)C(=O)C1CCCO1. The highest BCUT2D eigenvalue weighted by atomic mass is 19.4. The first-order valence-corrected chi connectivity index (χ1v) is 10.1. The summed E-state index contributed by atoms with van der Waals surface area (Å²) >= 11 is 0. The highest BCUT2D eigenvalue weighted by Gasteiger charge is 2.31. The number of piperidine rings is 1. The van der Waals surface area contributed by atoms with Crippen LogP contribution in [0.5, 0.6) is 0 Å². The molecule has 2 saturated heterocycles. The predicted molar refractivity (Wildman–Crippen MR) is 101 cm³/mol. The van der Waals surface area contributed by atoms with E-state index in [0.717, 1.165) is 63.5 Å². The van der Waals surface area contributed by atoms with Gasteiger partial charge in [-0.05, 0) is 62.7 Å². The molecule has 0 radical (unpaired) electrons. The van der Waals surface area contributed by atoms with Crippen LogP contribution < -0.4 is 0 Å². The van der Waals surface area contributed by atoms with Crippen LogP contribution in [-0.4, -0.2) is 61.6 Å². The lowest BCUT2D eigenvalue weighted by atomic mass is 9.95. The third-order valence-corrected chi connectivity index (χ3v) is 5.79. The van der Waals surface area contributed by atoms with Crippen LogP contribution in [0.3, 0.4) is 0 Å². The van der Waals surface area contributed by atoms with Gasteiger partial charge in [-0.2, -0.15) is 13.2 Å². The third-order valence-electron chi connectivity index (χ3n) is 5.79. The number of carbonyl (C=O) groups excluding carboxylic acids is 1. The second-order valence-electron chi connectivity index (χ2n) is 7.95. The number of hydrogen-bond acceptors (Lipinski definition) is 3. The van der Waals surface area contributed by atoms with Crippen molar-refractivity contribution in [3.05, 3.63) is 35.4 Å². The Balaban J connectivity index is 1.40. The Bertz CT molecular complexity index is 651. The van der Waals surface area contributed by atoms with E-state index >= 15 is 0 Å². The van der Waals surface area contributed by atoms with E-state index in [1.807, 2.05) is 7.05 Å². The van der Waals surface area contributed by atoms with Gasteiger partial charge in [0, 0.05) is 26.7 Å². The van der Waals surface area contributed by atoms with Crippen molar-refractivity contribution < 1.29 is 22.7 Å². The van der Waals surface area contributed by atoms with Crippen molar-refractivity contribution in [2.75, 3.05) is 39.8 Å². The van der Waals surface area contributed by atoms with E-state index in [0.29, 0.717) is 18.9 Å². The molecule has 1 aromatic rings. The van der Waals surface area contributed by atoms with Gasteiger partial charge in [-0.3, -0.25) is 4.79 Å². The van der Waals surface area contributed by atoms with Gasteiger partial charge < -0.3 is 14.5 Å². The second-order valence-corrected chi connectivity index (χ2v) is 7.95. The van der Waals surface area contributed by atoms with Crippen molar-refractivity contribution >= 4 is 5.91 Å². The maximum absolute atomic E-state index is 12.8. The molecule has 1 atom stereocenters. The number of carbonyl (C=O) groups is 1. The van der Waals surface area contributed by atoms with Crippen LogP contribution in [0.1, 0.15) is 36.8 Å². The fourth-order valence-electron chi connectivity index (χ4n) is 4.08. The van der Waals surface area contributed by atoms with Crippen LogP contribution in [0.2, 0.25) is 0 Å². The first kappa shape index (κ1) is 21.1. The van der Waals surface area contributed by atoms with E-state index < -0.39 is 11.7 Å². The minimum absolute atomic E-state index is 0.0875. The summed E-state index contributed by atoms with van der Waals surface area (Å²) < 4.78 is 43.9. The Morgan fingerprint density at radius 1 is 1.25 bits per heavy atom. The van der Waals surface area contributed by atoms with Crippen molar-refractivity contribution in [3.8, 4) is 0 Å². The van der Waals surface area contributed by atoms with Crippen LogP contribution in [-0.2, 0) is 22.1 Å². The molecule has 156 valence electrons. The zero-order valence-corrected chi connectivity index (χ0v) is 16.4. The van der Waals surface area contributed by atoms with Gasteiger partial charge in [0.2, 0.25) is 0 Å². The molecule has 28 heavy (non-hydrogen) atoms. The van der Waals surface area contributed by atoms with Crippen LogP contribution in [0, 0.1) is 5.92 Å². The lowest BCUT2D eigenvalue weighted by Gasteiger charge is -2.34. The van der Waals surface area contributed by atoms with Gasteiger partial charge in [-0.1, -0.05) is 18.2 Å². The van der Waals surface area contributed by atoms with Crippen LogP contribution in [0.4, 0.5) is 13.2 Å². The molecule has 0 aromatic heterocycles. The fraction of sp³-hybridized carbons (Fsp3) is 0.667. The van der Waals surface area contributed by atoms with Crippen molar-refractivity contribution in [1.82, 2.24) is 9.80 Å². The van der Waals surface area contributed by atoms with Crippen molar-refractivity contribution in [3.63, 3.8) is 0 Å². The summed E-state index contributed by atoms with van der Waals surface area (Å²) in [5.74, 6) is 0.560. The Labute approximate surface area is 164 Å². The highest BCUT2D eigenvalue weighted by Crippen LogP contribution is 2.29. The van der Waals surface area contributed by atoms with Crippen molar-refractivity contribution in [2.45, 2.75) is 44.4 Å². The smallest absolute Gasteiger partial charge is 0.368 e. The molecule has 7 heteroatoms. The van der Waals surface area contributed by atoms with Crippen molar-refractivity contribution in [1.29, 1.82) is 0 Å². The summed E-state index contributed by atoms with van der Waals surface area (Å²) in [4.78, 5) is 16.5. The molecule has 0 N–H and O–H groups in total. The second kappa shape index (κ2) is 9.27. The van der Waals surface area contributed by atoms with Gasteiger partial charge in [-0.25, -0.2) is 0 Å². The predicted octanol–water partition coefficient (Wildman–Crippen LogP) is 3.60. The van der Waals surface area contributed by atoms with Gasteiger partial charge in [0.1, 0.15) is 6.10 Å². The summed E-state index contributed by atoms with van der Waals surface area (Å²) in [7, 11) is 1.85. The largest absolute Gasteiger partial charge is 0.416 e. The van der Waals surface area contributed by atoms with E-state index in [2.05, 4.69) is 4.90 Å². The molecule has 0 saturated carbocycles. The van der Waals surface area contributed by atoms with Crippen LogP contribution >= 0.6 is 0 Å². The number of alkyl halides is 3.